The molecule has 1 N–H and O–H groups in total. The second-order valence-corrected chi connectivity index (χ2v) is 7.03. The summed E-state index contributed by atoms with van der Waals surface area (Å²) in [5.74, 6) is 0.696. The lowest BCUT2D eigenvalue weighted by Gasteiger charge is -2.09. The summed E-state index contributed by atoms with van der Waals surface area (Å²) >= 11 is 0. The van der Waals surface area contributed by atoms with Crippen molar-refractivity contribution >= 4 is 17.2 Å². The first-order valence-corrected chi connectivity index (χ1v) is 9.30. The van der Waals surface area contributed by atoms with Gasteiger partial charge in [0.05, 0.1) is 29.5 Å². The Morgan fingerprint density at radius 1 is 1.00 bits per heavy atom. The summed E-state index contributed by atoms with van der Waals surface area (Å²) in [6.45, 7) is 4.05. The topological polar surface area (TPSA) is 77.9 Å². The largest absolute Gasteiger partial charge is 0.337 e. The van der Waals surface area contributed by atoms with Crippen LogP contribution in [-0.4, -0.2) is 33.9 Å². The van der Waals surface area contributed by atoms with E-state index in [1.54, 1.807) is 10.9 Å². The van der Waals surface area contributed by atoms with Gasteiger partial charge >= 0.3 is 0 Å². The smallest absolute Gasteiger partial charge is 0.180 e. The molecular weight excluding hydrogens is 364 g/mol. The van der Waals surface area contributed by atoms with E-state index in [9.17, 15) is 0 Å². The zero-order valence-corrected chi connectivity index (χ0v) is 16.4. The molecule has 0 saturated carbocycles. The van der Waals surface area contributed by atoms with Crippen LogP contribution < -0.4 is 5.32 Å². The molecule has 0 radical (unpaired) electrons. The third kappa shape index (κ3) is 3.04. The van der Waals surface area contributed by atoms with Gasteiger partial charge in [-0.3, -0.25) is 9.08 Å². The molecule has 4 aromatic heterocycles. The fourth-order valence-electron chi connectivity index (χ4n) is 3.49. The van der Waals surface area contributed by atoms with Crippen LogP contribution >= 0.6 is 0 Å². The van der Waals surface area contributed by atoms with Crippen LogP contribution in [0.5, 0.6) is 0 Å². The van der Waals surface area contributed by atoms with Crippen molar-refractivity contribution in [3.8, 4) is 16.9 Å². The summed E-state index contributed by atoms with van der Waals surface area (Å²) in [4.78, 5) is 9.05. The molecule has 0 unspecified atom stereocenters. The third-order valence-corrected chi connectivity index (χ3v) is 4.81. The van der Waals surface area contributed by atoms with Crippen molar-refractivity contribution in [1.82, 2.24) is 33.9 Å². The van der Waals surface area contributed by atoms with E-state index < -0.39 is 0 Å². The zero-order chi connectivity index (χ0) is 20.0. The predicted octanol–water partition coefficient (Wildman–Crippen LogP) is 3.68. The van der Waals surface area contributed by atoms with Crippen molar-refractivity contribution < 1.29 is 0 Å². The number of benzene rings is 1. The molecule has 4 heterocycles. The van der Waals surface area contributed by atoms with Crippen molar-refractivity contribution in [2.45, 2.75) is 13.8 Å². The van der Waals surface area contributed by atoms with Gasteiger partial charge in [-0.1, -0.05) is 0 Å². The van der Waals surface area contributed by atoms with E-state index in [0.29, 0.717) is 5.82 Å². The Hall–Kier alpha value is -3.94. The van der Waals surface area contributed by atoms with Crippen molar-refractivity contribution in [3.63, 3.8) is 0 Å². The molecule has 8 heteroatoms. The molecule has 5 rings (SSSR count). The molecule has 0 spiro atoms. The van der Waals surface area contributed by atoms with Crippen molar-refractivity contribution in [1.29, 1.82) is 0 Å². The Morgan fingerprint density at radius 3 is 2.52 bits per heavy atom. The van der Waals surface area contributed by atoms with Crippen LogP contribution in [-0.2, 0) is 7.05 Å². The van der Waals surface area contributed by atoms with E-state index >= 15 is 0 Å². The number of hydrogen-bond acceptors (Lipinski definition) is 5. The predicted molar refractivity (Wildman–Crippen MR) is 112 cm³/mol. The summed E-state index contributed by atoms with van der Waals surface area (Å²) in [6.07, 6.45) is 9.30. The average Bonchev–Trinajstić information content (AvgIpc) is 3.41. The first-order chi connectivity index (χ1) is 14.1. The molecule has 0 aliphatic carbocycles. The standard InChI is InChI=1S/C21H20N8/c1-14-10-15(2)29(26-14)18-6-4-17(5-7-18)25-20-21-23-12-19(28(21)9-8-22-20)16-11-24-27(3)13-16/h4-13H,1-3H3,(H,22,25). The monoisotopic (exact) mass is 384 g/mol. The highest BCUT2D eigenvalue weighted by molar-refractivity contribution is 5.74. The number of aryl methyl sites for hydroxylation is 3. The van der Waals surface area contributed by atoms with Gasteiger partial charge in [0.2, 0.25) is 0 Å². The van der Waals surface area contributed by atoms with Crippen LogP contribution in [0.1, 0.15) is 11.4 Å². The molecule has 0 fully saturated rings. The first-order valence-electron chi connectivity index (χ1n) is 9.30. The molecule has 0 amide bonds. The lowest BCUT2D eigenvalue weighted by atomic mass is 10.2. The lowest BCUT2D eigenvalue weighted by molar-refractivity contribution is 0.768. The van der Waals surface area contributed by atoms with E-state index in [-0.39, 0.29) is 0 Å². The van der Waals surface area contributed by atoms with Gasteiger partial charge in [-0.15, -0.1) is 0 Å². The summed E-state index contributed by atoms with van der Waals surface area (Å²) in [5.41, 5.74) is 6.80. The van der Waals surface area contributed by atoms with E-state index in [1.807, 2.05) is 72.1 Å². The van der Waals surface area contributed by atoms with Gasteiger partial charge < -0.3 is 5.32 Å². The number of fused-ring (bicyclic) bond motifs is 1. The minimum atomic E-state index is 0.696. The molecule has 144 valence electrons. The maximum absolute atomic E-state index is 4.57. The van der Waals surface area contributed by atoms with Crippen LogP contribution in [0.15, 0.2) is 61.3 Å². The number of hydrogen-bond donors (Lipinski definition) is 1. The molecule has 1 aromatic carbocycles. The fourth-order valence-corrected chi connectivity index (χ4v) is 3.49. The van der Waals surface area contributed by atoms with E-state index in [4.69, 9.17) is 0 Å². The lowest BCUT2D eigenvalue weighted by Crippen LogP contribution is -2.01. The molecular formula is C21H20N8. The molecule has 5 aromatic rings. The molecule has 0 atom stereocenters. The van der Waals surface area contributed by atoms with Crippen molar-refractivity contribution in [2.24, 2.45) is 7.05 Å². The van der Waals surface area contributed by atoms with Gasteiger partial charge in [-0.05, 0) is 44.2 Å². The van der Waals surface area contributed by atoms with Gasteiger partial charge in [-0.25, -0.2) is 14.6 Å². The van der Waals surface area contributed by atoms with E-state index in [1.165, 1.54) is 0 Å². The molecule has 0 saturated heterocycles. The second-order valence-electron chi connectivity index (χ2n) is 7.03. The van der Waals surface area contributed by atoms with Crippen molar-refractivity contribution in [2.75, 3.05) is 5.32 Å². The summed E-state index contributed by atoms with van der Waals surface area (Å²) < 4.78 is 5.73. The van der Waals surface area contributed by atoms with Crippen LogP contribution in [0.4, 0.5) is 11.5 Å². The van der Waals surface area contributed by atoms with E-state index in [0.717, 1.165) is 39.7 Å². The fraction of sp³-hybridized carbons (Fsp3) is 0.143. The average molecular weight is 384 g/mol. The zero-order valence-electron chi connectivity index (χ0n) is 16.4. The quantitative estimate of drug-likeness (QED) is 0.511. The minimum absolute atomic E-state index is 0.696. The Bertz CT molecular complexity index is 1310. The minimum Gasteiger partial charge on any atom is -0.337 e. The summed E-state index contributed by atoms with van der Waals surface area (Å²) in [7, 11) is 1.90. The Morgan fingerprint density at radius 2 is 1.83 bits per heavy atom. The summed E-state index contributed by atoms with van der Waals surface area (Å²) in [6, 6.07) is 10.2. The Kier molecular flexibility index (Phi) is 3.90. The number of rotatable bonds is 4. The highest BCUT2D eigenvalue weighted by atomic mass is 15.3. The molecule has 0 bridgehead atoms. The molecule has 8 nitrogen and oxygen atoms in total. The maximum Gasteiger partial charge on any atom is 0.180 e. The number of aromatic nitrogens is 7. The number of nitrogens with one attached hydrogen (secondary N) is 1. The Balaban J connectivity index is 1.46. The third-order valence-electron chi connectivity index (χ3n) is 4.81. The van der Waals surface area contributed by atoms with E-state index in [2.05, 4.69) is 38.5 Å². The molecule has 0 aliphatic heterocycles. The molecule has 29 heavy (non-hydrogen) atoms. The van der Waals surface area contributed by atoms with Gasteiger partial charge in [0.25, 0.3) is 0 Å². The first kappa shape index (κ1) is 17.2. The van der Waals surface area contributed by atoms with Crippen LogP contribution in [0, 0.1) is 13.8 Å². The van der Waals surface area contributed by atoms with Gasteiger partial charge in [0, 0.05) is 42.6 Å². The maximum atomic E-state index is 4.57. The Labute approximate surface area is 167 Å². The van der Waals surface area contributed by atoms with Gasteiger partial charge in [-0.2, -0.15) is 10.2 Å². The van der Waals surface area contributed by atoms with Gasteiger partial charge in [0.15, 0.2) is 11.5 Å². The highest BCUT2D eigenvalue weighted by Crippen LogP contribution is 2.25. The van der Waals surface area contributed by atoms with Crippen LogP contribution in [0.25, 0.3) is 22.6 Å². The summed E-state index contributed by atoms with van der Waals surface area (Å²) in [5, 5.41) is 12.2. The van der Waals surface area contributed by atoms with Gasteiger partial charge in [0.1, 0.15) is 0 Å². The van der Waals surface area contributed by atoms with Crippen molar-refractivity contribution in [3.05, 3.63) is 72.7 Å². The normalized spacial score (nSPS) is 11.3. The van der Waals surface area contributed by atoms with Crippen LogP contribution in [0.2, 0.25) is 0 Å². The number of anilines is 2. The number of imidazole rings is 1. The molecule has 0 aliphatic rings. The highest BCUT2D eigenvalue weighted by Gasteiger charge is 2.12. The second kappa shape index (κ2) is 6.59. The number of nitrogens with zero attached hydrogens (tertiary/aromatic N) is 7. The van der Waals surface area contributed by atoms with Crippen LogP contribution in [0.3, 0.4) is 0 Å². The SMILES string of the molecule is Cc1cc(C)n(-c2ccc(Nc3nccn4c(-c5cnn(C)c5)cnc34)cc2)n1.